The fourth-order valence-corrected chi connectivity index (χ4v) is 5.22. The number of likely N-dealkylation sites (tertiary alicyclic amines) is 1. The highest BCUT2D eigenvalue weighted by Crippen LogP contribution is 2.44. The minimum atomic E-state index is -0.136. The van der Waals surface area contributed by atoms with Crippen LogP contribution < -0.4 is 0 Å². The van der Waals surface area contributed by atoms with Gasteiger partial charge in [0.05, 0.1) is 6.10 Å². The van der Waals surface area contributed by atoms with E-state index in [1.54, 1.807) is 14.0 Å². The third-order valence-corrected chi connectivity index (χ3v) is 6.59. The molecule has 1 aromatic heterocycles. The van der Waals surface area contributed by atoms with E-state index >= 15 is 0 Å². The van der Waals surface area contributed by atoms with E-state index in [-0.39, 0.29) is 24.0 Å². The van der Waals surface area contributed by atoms with Crippen molar-refractivity contribution in [2.75, 3.05) is 13.7 Å². The highest BCUT2D eigenvalue weighted by Gasteiger charge is 2.43. The quantitative estimate of drug-likeness (QED) is 0.839. The number of aryl methyl sites for hydroxylation is 1. The lowest BCUT2D eigenvalue weighted by Crippen LogP contribution is -2.40. The minimum absolute atomic E-state index is 0.0483. The van der Waals surface area contributed by atoms with Crippen LogP contribution in [-0.2, 0) is 9.53 Å². The zero-order valence-electron chi connectivity index (χ0n) is 15.3. The van der Waals surface area contributed by atoms with E-state index in [9.17, 15) is 4.79 Å². The van der Waals surface area contributed by atoms with E-state index in [1.807, 2.05) is 4.90 Å². The fraction of sp³-hybridized carbons (Fsp3) is 0.842. The van der Waals surface area contributed by atoms with Gasteiger partial charge in [-0.05, 0) is 31.1 Å². The maximum absolute atomic E-state index is 13.3. The van der Waals surface area contributed by atoms with E-state index in [2.05, 4.69) is 10.2 Å². The third-order valence-electron chi connectivity index (χ3n) is 6.59. The van der Waals surface area contributed by atoms with Crippen LogP contribution in [0, 0.1) is 24.7 Å². The molecular formula is C19H29N3O3. The van der Waals surface area contributed by atoms with Crippen molar-refractivity contribution in [3.05, 3.63) is 11.8 Å². The van der Waals surface area contributed by atoms with E-state index in [0.29, 0.717) is 18.3 Å². The van der Waals surface area contributed by atoms with Gasteiger partial charge in [0.25, 0.3) is 0 Å². The summed E-state index contributed by atoms with van der Waals surface area (Å²) in [6, 6.07) is -0.136. The molecule has 25 heavy (non-hydrogen) atoms. The average Bonchev–Trinajstić information content (AvgIpc) is 3.26. The SMILES string of the molecule is CO[C@H]1C[C@H](c2nnc(C)o2)N(C(=O)C2CCC3CCCCC3C2)C1. The topological polar surface area (TPSA) is 68.5 Å². The summed E-state index contributed by atoms with van der Waals surface area (Å²) in [7, 11) is 1.71. The van der Waals surface area contributed by atoms with Gasteiger partial charge in [-0.25, -0.2) is 0 Å². The van der Waals surface area contributed by atoms with Crippen LogP contribution >= 0.6 is 0 Å². The molecule has 6 nitrogen and oxygen atoms in total. The molecule has 138 valence electrons. The monoisotopic (exact) mass is 347 g/mol. The minimum Gasteiger partial charge on any atom is -0.423 e. The summed E-state index contributed by atoms with van der Waals surface area (Å²) >= 11 is 0. The molecule has 1 aliphatic heterocycles. The predicted octanol–water partition coefficient (Wildman–Crippen LogP) is 3.27. The van der Waals surface area contributed by atoms with Gasteiger partial charge >= 0.3 is 0 Å². The first-order valence-electron chi connectivity index (χ1n) is 9.79. The van der Waals surface area contributed by atoms with Crippen LogP contribution in [0.5, 0.6) is 0 Å². The Labute approximate surface area is 149 Å². The number of hydrogen-bond acceptors (Lipinski definition) is 5. The molecule has 0 radical (unpaired) electrons. The largest absolute Gasteiger partial charge is 0.423 e. The van der Waals surface area contributed by atoms with Crippen LogP contribution in [0.4, 0.5) is 0 Å². The smallest absolute Gasteiger partial charge is 0.239 e. The molecular weight excluding hydrogens is 318 g/mol. The van der Waals surface area contributed by atoms with Crippen molar-refractivity contribution < 1.29 is 13.9 Å². The van der Waals surface area contributed by atoms with Crippen LogP contribution in [0.25, 0.3) is 0 Å². The highest BCUT2D eigenvalue weighted by atomic mass is 16.5. The number of amides is 1. The van der Waals surface area contributed by atoms with Crippen LogP contribution in [-0.4, -0.2) is 40.8 Å². The molecule has 3 aliphatic rings. The van der Waals surface area contributed by atoms with Crippen molar-refractivity contribution in [1.29, 1.82) is 0 Å². The van der Waals surface area contributed by atoms with Crippen LogP contribution in [0.15, 0.2) is 4.42 Å². The summed E-state index contributed by atoms with van der Waals surface area (Å²) in [4.78, 5) is 15.3. The number of ether oxygens (including phenoxy) is 1. The lowest BCUT2D eigenvalue weighted by Gasteiger charge is -2.40. The first kappa shape index (κ1) is 17.0. The number of aromatic nitrogens is 2. The Kier molecular flexibility index (Phi) is 4.80. The first-order chi connectivity index (χ1) is 12.2. The molecule has 1 saturated heterocycles. The predicted molar refractivity (Wildman–Crippen MR) is 91.7 cm³/mol. The molecule has 2 heterocycles. The van der Waals surface area contributed by atoms with Gasteiger partial charge < -0.3 is 14.1 Å². The molecule has 0 aromatic carbocycles. The van der Waals surface area contributed by atoms with Gasteiger partial charge in [0.15, 0.2) is 0 Å². The van der Waals surface area contributed by atoms with Crippen molar-refractivity contribution in [2.45, 2.75) is 70.4 Å². The Morgan fingerprint density at radius 2 is 1.92 bits per heavy atom. The normalized spacial score (nSPS) is 35.6. The number of hydrogen-bond donors (Lipinski definition) is 0. The molecule has 1 aromatic rings. The zero-order chi connectivity index (χ0) is 17.4. The molecule has 0 bridgehead atoms. The zero-order valence-corrected chi connectivity index (χ0v) is 15.3. The Hall–Kier alpha value is -1.43. The van der Waals surface area contributed by atoms with Gasteiger partial charge in [-0.2, -0.15) is 0 Å². The van der Waals surface area contributed by atoms with Crippen molar-refractivity contribution in [3.63, 3.8) is 0 Å². The van der Waals surface area contributed by atoms with E-state index < -0.39 is 0 Å². The molecule has 4 rings (SSSR count). The summed E-state index contributed by atoms with van der Waals surface area (Å²) in [5, 5.41) is 8.12. The lowest BCUT2D eigenvalue weighted by atomic mass is 9.67. The Morgan fingerprint density at radius 1 is 1.12 bits per heavy atom. The van der Waals surface area contributed by atoms with Crippen LogP contribution in [0.1, 0.15) is 69.2 Å². The van der Waals surface area contributed by atoms with E-state index in [1.165, 1.54) is 32.1 Å². The van der Waals surface area contributed by atoms with Crippen molar-refractivity contribution in [2.24, 2.45) is 17.8 Å². The fourth-order valence-electron chi connectivity index (χ4n) is 5.22. The molecule has 5 atom stereocenters. The molecule has 2 saturated carbocycles. The number of carbonyl (C=O) groups is 1. The van der Waals surface area contributed by atoms with Gasteiger partial charge in [-0.1, -0.05) is 25.7 Å². The van der Waals surface area contributed by atoms with Gasteiger partial charge in [0.2, 0.25) is 17.7 Å². The lowest BCUT2D eigenvalue weighted by molar-refractivity contribution is -0.139. The Morgan fingerprint density at radius 3 is 2.64 bits per heavy atom. The average molecular weight is 347 g/mol. The molecule has 1 amide bonds. The van der Waals surface area contributed by atoms with Crippen molar-refractivity contribution in [3.8, 4) is 0 Å². The Balaban J connectivity index is 1.49. The summed E-state index contributed by atoms with van der Waals surface area (Å²) in [6.07, 6.45) is 9.48. The molecule has 3 fully saturated rings. The second-order valence-electron chi connectivity index (χ2n) is 8.07. The molecule has 2 aliphatic carbocycles. The highest BCUT2D eigenvalue weighted by molar-refractivity contribution is 5.79. The van der Waals surface area contributed by atoms with Crippen LogP contribution in [0.2, 0.25) is 0 Å². The van der Waals surface area contributed by atoms with Crippen molar-refractivity contribution in [1.82, 2.24) is 15.1 Å². The van der Waals surface area contributed by atoms with Gasteiger partial charge in [-0.15, -0.1) is 10.2 Å². The molecule has 3 unspecified atom stereocenters. The van der Waals surface area contributed by atoms with Gasteiger partial charge in [0.1, 0.15) is 6.04 Å². The second-order valence-corrected chi connectivity index (χ2v) is 8.07. The number of nitrogens with zero attached hydrogens (tertiary/aromatic N) is 3. The summed E-state index contributed by atoms with van der Waals surface area (Å²) < 4.78 is 11.2. The molecule has 0 N–H and O–H groups in total. The summed E-state index contributed by atoms with van der Waals surface area (Å²) in [5.74, 6) is 3.13. The molecule has 0 spiro atoms. The Bertz CT molecular complexity index is 617. The number of rotatable bonds is 3. The number of carbonyl (C=O) groups excluding carboxylic acids is 1. The summed E-state index contributed by atoms with van der Waals surface area (Å²) in [5.41, 5.74) is 0. The third kappa shape index (κ3) is 3.33. The maximum Gasteiger partial charge on any atom is 0.239 e. The first-order valence-corrected chi connectivity index (χ1v) is 9.79. The standard InChI is InChI=1S/C19H29N3O3/c1-12-20-21-18(25-12)17-10-16(24-2)11-22(17)19(23)15-8-7-13-5-3-4-6-14(13)9-15/h13-17H,3-11H2,1-2H3/t13?,14?,15?,16-,17+/m0/s1. The second kappa shape index (κ2) is 7.06. The summed E-state index contributed by atoms with van der Waals surface area (Å²) in [6.45, 7) is 2.42. The maximum atomic E-state index is 13.3. The van der Waals surface area contributed by atoms with Crippen LogP contribution in [0.3, 0.4) is 0 Å². The number of fused-ring (bicyclic) bond motifs is 1. The van der Waals surface area contributed by atoms with Gasteiger partial charge in [0, 0.05) is 32.9 Å². The number of methoxy groups -OCH3 is 1. The molecule has 6 heteroatoms. The van der Waals surface area contributed by atoms with Crippen molar-refractivity contribution >= 4 is 5.91 Å². The van der Waals surface area contributed by atoms with Gasteiger partial charge in [-0.3, -0.25) is 4.79 Å². The van der Waals surface area contributed by atoms with E-state index in [4.69, 9.17) is 9.15 Å². The van der Waals surface area contributed by atoms with E-state index in [0.717, 1.165) is 31.1 Å².